The number of hydrogen-bond donors (Lipinski definition) is 2. The van der Waals surface area contributed by atoms with Gasteiger partial charge in [-0.2, -0.15) is 5.10 Å². The van der Waals surface area contributed by atoms with E-state index in [-0.39, 0.29) is 10.7 Å². The Balaban J connectivity index is 1.78. The maximum absolute atomic E-state index is 12.8. The fourth-order valence-electron chi connectivity index (χ4n) is 2.84. The van der Waals surface area contributed by atoms with E-state index in [1.54, 1.807) is 13.1 Å². The first-order chi connectivity index (χ1) is 13.8. The van der Waals surface area contributed by atoms with Gasteiger partial charge in [-0.25, -0.2) is 18.4 Å². The molecule has 0 atom stereocenters. The van der Waals surface area contributed by atoms with E-state index in [4.69, 9.17) is 0 Å². The van der Waals surface area contributed by atoms with Crippen LogP contribution in [0.2, 0.25) is 0 Å². The zero-order chi connectivity index (χ0) is 20.6. The number of rotatable bonds is 5. The van der Waals surface area contributed by atoms with Gasteiger partial charge in [0.15, 0.2) is 11.6 Å². The normalized spacial score (nSPS) is 11.6. The van der Waals surface area contributed by atoms with Crippen molar-refractivity contribution >= 4 is 38.4 Å². The van der Waals surface area contributed by atoms with Gasteiger partial charge in [-0.05, 0) is 49.2 Å². The van der Waals surface area contributed by atoms with Crippen molar-refractivity contribution in [3.63, 3.8) is 0 Å². The molecule has 0 aliphatic rings. The first-order valence-electron chi connectivity index (χ1n) is 8.94. The van der Waals surface area contributed by atoms with Gasteiger partial charge < -0.3 is 5.32 Å². The van der Waals surface area contributed by atoms with Crippen molar-refractivity contribution in [2.75, 3.05) is 10.0 Å². The lowest BCUT2D eigenvalue weighted by Gasteiger charge is -2.14. The number of anilines is 3. The molecular weight excluding hydrogens is 388 g/mol. The summed E-state index contributed by atoms with van der Waals surface area (Å²) in [7, 11) is -2.21. The molecule has 0 radical (unpaired) electrons. The van der Waals surface area contributed by atoms with Crippen LogP contribution in [0, 0.1) is 13.8 Å². The number of fused-ring (bicyclic) bond motifs is 1. The highest BCUT2D eigenvalue weighted by Crippen LogP contribution is 2.27. The van der Waals surface area contributed by atoms with Crippen LogP contribution in [0.4, 0.5) is 17.3 Å². The van der Waals surface area contributed by atoms with Crippen LogP contribution in [0.15, 0.2) is 59.8 Å². The average Bonchev–Trinajstić information content (AvgIpc) is 3.12. The predicted octanol–water partition coefficient (Wildman–Crippen LogP) is 3.52. The highest BCUT2D eigenvalue weighted by molar-refractivity contribution is 7.92. The molecule has 8 nitrogen and oxygen atoms in total. The molecule has 0 spiro atoms. The van der Waals surface area contributed by atoms with E-state index in [0.29, 0.717) is 16.9 Å². The van der Waals surface area contributed by atoms with Crippen LogP contribution in [-0.4, -0.2) is 28.2 Å². The molecule has 4 rings (SSSR count). The number of sulfonamides is 1. The number of hydrogen-bond acceptors (Lipinski definition) is 6. The second-order valence-corrected chi connectivity index (χ2v) is 8.47. The second kappa shape index (κ2) is 7.17. The monoisotopic (exact) mass is 408 g/mol. The first kappa shape index (κ1) is 18.9. The Morgan fingerprint density at radius 1 is 0.931 bits per heavy atom. The Morgan fingerprint density at radius 3 is 2.24 bits per heavy atom. The summed E-state index contributed by atoms with van der Waals surface area (Å²) in [4.78, 5) is 9.12. The Morgan fingerprint density at radius 2 is 1.62 bits per heavy atom. The lowest BCUT2D eigenvalue weighted by Crippen LogP contribution is -2.15. The van der Waals surface area contributed by atoms with Crippen LogP contribution in [0.25, 0.3) is 11.0 Å². The van der Waals surface area contributed by atoms with Crippen molar-refractivity contribution in [2.24, 2.45) is 7.05 Å². The van der Waals surface area contributed by atoms with E-state index in [0.717, 1.165) is 16.8 Å². The fourth-order valence-corrected chi connectivity index (χ4v) is 3.83. The van der Waals surface area contributed by atoms with Crippen LogP contribution in [0.1, 0.15) is 11.1 Å². The van der Waals surface area contributed by atoms with Gasteiger partial charge in [-0.3, -0.25) is 9.40 Å². The molecule has 4 aromatic rings. The highest BCUT2D eigenvalue weighted by Gasteiger charge is 2.20. The number of benzene rings is 2. The maximum atomic E-state index is 12.8. The molecule has 148 valence electrons. The van der Waals surface area contributed by atoms with Crippen molar-refractivity contribution in [1.29, 1.82) is 0 Å². The molecule has 0 saturated carbocycles. The molecule has 0 amide bonds. The van der Waals surface area contributed by atoms with Crippen LogP contribution in [0.5, 0.6) is 0 Å². The third-order valence-electron chi connectivity index (χ3n) is 4.56. The van der Waals surface area contributed by atoms with Crippen LogP contribution < -0.4 is 10.0 Å². The Labute approximate surface area is 168 Å². The van der Waals surface area contributed by atoms with E-state index < -0.39 is 10.0 Å². The van der Waals surface area contributed by atoms with Crippen molar-refractivity contribution in [2.45, 2.75) is 18.7 Å². The number of nitrogens with one attached hydrogen (secondary N) is 2. The van der Waals surface area contributed by atoms with Gasteiger partial charge in [0.2, 0.25) is 0 Å². The number of para-hydroxylation sites is 2. The molecule has 2 aromatic heterocycles. The van der Waals surface area contributed by atoms with E-state index in [9.17, 15) is 8.42 Å². The highest BCUT2D eigenvalue weighted by atomic mass is 32.2. The number of nitrogens with zero attached hydrogens (tertiary/aromatic N) is 4. The lowest BCUT2D eigenvalue weighted by molar-refractivity contribution is 0.601. The molecule has 0 fully saturated rings. The van der Waals surface area contributed by atoms with Gasteiger partial charge in [-0.1, -0.05) is 18.2 Å². The van der Waals surface area contributed by atoms with Gasteiger partial charge in [0.05, 0.1) is 17.2 Å². The summed E-state index contributed by atoms with van der Waals surface area (Å²) >= 11 is 0. The van der Waals surface area contributed by atoms with Gasteiger partial charge in [0, 0.05) is 18.9 Å². The first-order valence-corrected chi connectivity index (χ1v) is 10.4. The molecule has 0 saturated heterocycles. The van der Waals surface area contributed by atoms with E-state index in [1.807, 2.05) is 50.2 Å². The summed E-state index contributed by atoms with van der Waals surface area (Å²) < 4.78 is 29.6. The minimum Gasteiger partial charge on any atom is -0.337 e. The third-order valence-corrected chi connectivity index (χ3v) is 5.86. The molecule has 0 bridgehead atoms. The van der Waals surface area contributed by atoms with Crippen molar-refractivity contribution < 1.29 is 8.42 Å². The minimum absolute atomic E-state index is 0.0482. The van der Waals surface area contributed by atoms with Gasteiger partial charge in [0.25, 0.3) is 10.0 Å². The topological polar surface area (TPSA) is 102 Å². The zero-order valence-electron chi connectivity index (χ0n) is 16.2. The molecule has 2 aromatic carbocycles. The summed E-state index contributed by atoms with van der Waals surface area (Å²) in [6.45, 7) is 4.04. The van der Waals surface area contributed by atoms with Crippen LogP contribution in [0.3, 0.4) is 0 Å². The number of aryl methyl sites for hydroxylation is 3. The summed E-state index contributed by atoms with van der Waals surface area (Å²) in [6, 6.07) is 13.2. The van der Waals surface area contributed by atoms with E-state index in [2.05, 4.69) is 25.1 Å². The summed E-state index contributed by atoms with van der Waals surface area (Å²) in [5, 5.41) is 7.12. The largest absolute Gasteiger partial charge is 0.337 e. The third kappa shape index (κ3) is 3.90. The van der Waals surface area contributed by atoms with E-state index in [1.165, 1.54) is 17.1 Å². The van der Waals surface area contributed by atoms with Crippen LogP contribution in [-0.2, 0) is 17.1 Å². The Hall–Kier alpha value is -3.46. The van der Waals surface area contributed by atoms with Crippen molar-refractivity contribution in [3.05, 3.63) is 66.0 Å². The second-order valence-electron chi connectivity index (χ2n) is 6.79. The Kier molecular flexibility index (Phi) is 4.67. The molecule has 2 N–H and O–H groups in total. The SMILES string of the molecule is Cc1ccc(Nc2nc3ccccc3nc2NS(=O)(=O)c2cnn(C)c2)cc1C. The van der Waals surface area contributed by atoms with Crippen molar-refractivity contribution in [3.8, 4) is 0 Å². The standard InChI is InChI=1S/C20H20N6O2S/c1-13-8-9-15(10-14(13)2)22-19-20(24-18-7-5-4-6-17(18)23-19)25-29(27,28)16-11-21-26(3)12-16/h4-12H,1-3H3,(H,22,23)(H,24,25). The predicted molar refractivity (Wildman–Crippen MR) is 113 cm³/mol. The molecule has 0 aliphatic carbocycles. The van der Waals surface area contributed by atoms with Gasteiger partial charge in [-0.15, -0.1) is 0 Å². The summed E-state index contributed by atoms with van der Waals surface area (Å²) in [6.07, 6.45) is 2.71. The molecule has 29 heavy (non-hydrogen) atoms. The van der Waals surface area contributed by atoms with Gasteiger partial charge >= 0.3 is 0 Å². The number of aromatic nitrogens is 4. The molecule has 9 heteroatoms. The molecule has 2 heterocycles. The summed E-state index contributed by atoms with van der Waals surface area (Å²) in [5.41, 5.74) is 4.31. The molecular formula is C20H20N6O2S. The van der Waals surface area contributed by atoms with E-state index >= 15 is 0 Å². The summed E-state index contributed by atoms with van der Waals surface area (Å²) in [5.74, 6) is 0.435. The fraction of sp³-hybridized carbons (Fsp3) is 0.150. The quantitative estimate of drug-likeness (QED) is 0.524. The van der Waals surface area contributed by atoms with Crippen molar-refractivity contribution in [1.82, 2.24) is 19.7 Å². The minimum atomic E-state index is -3.87. The lowest BCUT2D eigenvalue weighted by atomic mass is 10.1. The smallest absolute Gasteiger partial charge is 0.266 e. The molecule has 0 unspecified atom stereocenters. The van der Waals surface area contributed by atoms with Crippen LogP contribution >= 0.6 is 0 Å². The Bertz CT molecular complexity index is 1310. The maximum Gasteiger partial charge on any atom is 0.266 e. The zero-order valence-corrected chi connectivity index (χ0v) is 17.0. The average molecular weight is 408 g/mol. The van der Waals surface area contributed by atoms with Gasteiger partial charge in [0.1, 0.15) is 4.90 Å². The molecule has 0 aliphatic heterocycles.